The zero-order chi connectivity index (χ0) is 10.7. The Hall–Kier alpha value is -0.970. The third-order valence-electron chi connectivity index (χ3n) is 2.89. The van der Waals surface area contributed by atoms with E-state index in [1.165, 1.54) is 19.3 Å². The van der Waals surface area contributed by atoms with Crippen molar-refractivity contribution in [2.75, 3.05) is 6.54 Å². The summed E-state index contributed by atoms with van der Waals surface area (Å²) < 4.78 is 1.91. The largest absolute Gasteiger partial charge is 0.314 e. The Bertz CT molecular complexity index is 301. The van der Waals surface area contributed by atoms with E-state index in [4.69, 9.17) is 0 Å². The molecule has 1 aliphatic rings. The van der Waals surface area contributed by atoms with Crippen LogP contribution in [0, 0.1) is 0 Å². The minimum atomic E-state index is 0.346. The number of nitrogens with zero attached hydrogens (tertiary/aromatic N) is 4. The number of aromatic nitrogens is 4. The van der Waals surface area contributed by atoms with E-state index >= 15 is 0 Å². The lowest BCUT2D eigenvalue weighted by atomic mass is 10.0. The van der Waals surface area contributed by atoms with E-state index < -0.39 is 0 Å². The maximum atomic E-state index is 4.09. The molecule has 1 saturated heterocycles. The second kappa shape index (κ2) is 4.70. The van der Waals surface area contributed by atoms with Crippen LogP contribution in [-0.2, 0) is 6.42 Å². The van der Waals surface area contributed by atoms with Gasteiger partial charge >= 0.3 is 0 Å². The molecule has 0 bridgehead atoms. The summed E-state index contributed by atoms with van der Waals surface area (Å²) >= 11 is 0. The molecule has 0 aliphatic carbocycles. The molecule has 0 aromatic carbocycles. The predicted octanol–water partition coefficient (Wildman–Crippen LogP) is 0.939. The third kappa shape index (κ3) is 2.53. The van der Waals surface area contributed by atoms with Crippen LogP contribution in [0.4, 0.5) is 0 Å². The summed E-state index contributed by atoms with van der Waals surface area (Å²) in [5.74, 6) is 1.00. The number of piperidine rings is 1. The van der Waals surface area contributed by atoms with E-state index in [1.54, 1.807) is 0 Å². The molecule has 1 aromatic heterocycles. The number of nitrogens with one attached hydrogen (secondary N) is 1. The maximum absolute atomic E-state index is 4.09. The monoisotopic (exact) mass is 209 g/mol. The Morgan fingerprint density at radius 3 is 3.00 bits per heavy atom. The Kier molecular flexibility index (Phi) is 3.30. The van der Waals surface area contributed by atoms with Crippen molar-refractivity contribution >= 4 is 0 Å². The number of hydrogen-bond acceptors (Lipinski definition) is 4. The molecule has 84 valence electrons. The van der Waals surface area contributed by atoms with Gasteiger partial charge in [0.05, 0.1) is 6.04 Å². The van der Waals surface area contributed by atoms with Gasteiger partial charge in [-0.2, -0.15) is 0 Å². The average molecular weight is 209 g/mol. The van der Waals surface area contributed by atoms with Crippen molar-refractivity contribution in [3.05, 3.63) is 5.82 Å². The lowest BCUT2D eigenvalue weighted by Gasteiger charge is -2.23. The molecule has 0 saturated carbocycles. The Balaban J connectivity index is 1.99. The van der Waals surface area contributed by atoms with Gasteiger partial charge in [0.1, 0.15) is 0 Å². The minimum Gasteiger partial charge on any atom is -0.314 e. The van der Waals surface area contributed by atoms with Crippen molar-refractivity contribution in [2.45, 2.75) is 51.6 Å². The van der Waals surface area contributed by atoms with Gasteiger partial charge in [0.15, 0.2) is 5.82 Å². The molecule has 5 heteroatoms. The predicted molar refractivity (Wildman–Crippen MR) is 57.5 cm³/mol. The van der Waals surface area contributed by atoms with Crippen molar-refractivity contribution in [3.63, 3.8) is 0 Å². The van der Waals surface area contributed by atoms with E-state index in [0.29, 0.717) is 12.1 Å². The minimum absolute atomic E-state index is 0.346. The van der Waals surface area contributed by atoms with Gasteiger partial charge < -0.3 is 5.32 Å². The molecular weight excluding hydrogens is 190 g/mol. The highest BCUT2D eigenvalue weighted by Crippen LogP contribution is 2.12. The first-order valence-electron chi connectivity index (χ1n) is 5.77. The second-order valence-corrected chi connectivity index (χ2v) is 4.48. The topological polar surface area (TPSA) is 55.6 Å². The van der Waals surface area contributed by atoms with Gasteiger partial charge in [-0.3, -0.25) is 0 Å². The Labute approximate surface area is 90.2 Å². The molecule has 1 fully saturated rings. The normalized spacial score (nSPS) is 22.2. The first-order chi connectivity index (χ1) is 7.27. The average Bonchev–Trinajstić information content (AvgIpc) is 2.67. The van der Waals surface area contributed by atoms with Crippen LogP contribution in [0.5, 0.6) is 0 Å². The van der Waals surface area contributed by atoms with Crippen LogP contribution in [0.15, 0.2) is 0 Å². The summed E-state index contributed by atoms with van der Waals surface area (Å²) in [5, 5.41) is 15.4. The fourth-order valence-corrected chi connectivity index (χ4v) is 2.07. The second-order valence-electron chi connectivity index (χ2n) is 4.48. The summed E-state index contributed by atoms with van der Waals surface area (Å²) in [4.78, 5) is 0. The molecule has 1 aromatic rings. The van der Waals surface area contributed by atoms with Crippen LogP contribution in [0.1, 0.15) is 45.0 Å². The van der Waals surface area contributed by atoms with Crippen molar-refractivity contribution in [2.24, 2.45) is 0 Å². The fourth-order valence-electron chi connectivity index (χ4n) is 2.07. The van der Waals surface area contributed by atoms with E-state index in [0.717, 1.165) is 18.8 Å². The van der Waals surface area contributed by atoms with Gasteiger partial charge in [0.25, 0.3) is 0 Å². The van der Waals surface area contributed by atoms with E-state index in [1.807, 2.05) is 4.68 Å². The van der Waals surface area contributed by atoms with Crippen LogP contribution in [0.2, 0.25) is 0 Å². The molecule has 1 atom stereocenters. The van der Waals surface area contributed by atoms with Crippen LogP contribution < -0.4 is 5.32 Å². The summed E-state index contributed by atoms with van der Waals surface area (Å²) in [6.45, 7) is 5.34. The standard InChI is InChI=1S/C10H19N5/c1-8(2)15-10(12-13-14-15)7-9-5-3-4-6-11-9/h8-9,11H,3-7H2,1-2H3. The molecule has 2 rings (SSSR count). The van der Waals surface area contributed by atoms with Crippen molar-refractivity contribution in [1.29, 1.82) is 0 Å². The highest BCUT2D eigenvalue weighted by molar-refractivity contribution is 4.89. The van der Waals surface area contributed by atoms with Gasteiger partial charge in [0, 0.05) is 12.5 Å². The summed E-state index contributed by atoms with van der Waals surface area (Å²) in [5.41, 5.74) is 0. The van der Waals surface area contributed by atoms with Crippen LogP contribution in [-0.4, -0.2) is 32.8 Å². The summed E-state index contributed by atoms with van der Waals surface area (Å²) in [7, 11) is 0. The molecule has 2 heterocycles. The molecule has 1 N–H and O–H groups in total. The third-order valence-corrected chi connectivity index (χ3v) is 2.89. The molecule has 1 unspecified atom stereocenters. The zero-order valence-electron chi connectivity index (χ0n) is 9.48. The molecule has 15 heavy (non-hydrogen) atoms. The Morgan fingerprint density at radius 2 is 2.33 bits per heavy atom. The molecular formula is C10H19N5. The number of rotatable bonds is 3. The van der Waals surface area contributed by atoms with Crippen molar-refractivity contribution < 1.29 is 0 Å². The number of tetrazole rings is 1. The quantitative estimate of drug-likeness (QED) is 0.805. The molecule has 5 nitrogen and oxygen atoms in total. The lowest BCUT2D eigenvalue weighted by molar-refractivity contribution is 0.382. The summed E-state index contributed by atoms with van der Waals surface area (Å²) in [6, 6.07) is 0.904. The van der Waals surface area contributed by atoms with Crippen LogP contribution in [0.3, 0.4) is 0 Å². The first-order valence-corrected chi connectivity index (χ1v) is 5.77. The molecule has 0 spiro atoms. The Morgan fingerprint density at radius 1 is 1.47 bits per heavy atom. The molecule has 0 amide bonds. The summed E-state index contributed by atoms with van der Waals surface area (Å²) in [6.07, 6.45) is 4.81. The van der Waals surface area contributed by atoms with Gasteiger partial charge in [0.2, 0.25) is 0 Å². The van der Waals surface area contributed by atoms with E-state index in [-0.39, 0.29) is 0 Å². The van der Waals surface area contributed by atoms with Crippen molar-refractivity contribution in [1.82, 2.24) is 25.5 Å². The highest BCUT2D eigenvalue weighted by Gasteiger charge is 2.17. The van der Waals surface area contributed by atoms with E-state index in [9.17, 15) is 0 Å². The van der Waals surface area contributed by atoms with E-state index in [2.05, 4.69) is 34.7 Å². The van der Waals surface area contributed by atoms with Gasteiger partial charge in [-0.25, -0.2) is 4.68 Å². The fraction of sp³-hybridized carbons (Fsp3) is 0.900. The first kappa shape index (κ1) is 10.5. The smallest absolute Gasteiger partial charge is 0.153 e. The highest BCUT2D eigenvalue weighted by atomic mass is 15.5. The lowest BCUT2D eigenvalue weighted by Crippen LogP contribution is -2.36. The SMILES string of the molecule is CC(C)n1nnnc1CC1CCCCN1. The van der Waals surface area contributed by atoms with Crippen LogP contribution >= 0.6 is 0 Å². The van der Waals surface area contributed by atoms with Crippen molar-refractivity contribution in [3.8, 4) is 0 Å². The zero-order valence-corrected chi connectivity index (χ0v) is 9.48. The molecule has 0 radical (unpaired) electrons. The molecule has 1 aliphatic heterocycles. The van der Waals surface area contributed by atoms with Crippen LogP contribution in [0.25, 0.3) is 0 Å². The van der Waals surface area contributed by atoms with Gasteiger partial charge in [-0.1, -0.05) is 6.42 Å². The maximum Gasteiger partial charge on any atom is 0.153 e. The van der Waals surface area contributed by atoms with Gasteiger partial charge in [-0.05, 0) is 43.7 Å². The van der Waals surface area contributed by atoms with Gasteiger partial charge in [-0.15, -0.1) is 5.10 Å². The number of hydrogen-bond donors (Lipinski definition) is 1.